The number of rotatable bonds is 6. The van der Waals surface area contributed by atoms with Gasteiger partial charge in [-0.3, -0.25) is 4.74 Å². The molecule has 0 aliphatic rings. The third-order valence-electron chi connectivity index (χ3n) is 8.05. The van der Waals surface area contributed by atoms with Gasteiger partial charge in [0.05, 0.1) is 5.69 Å². The van der Waals surface area contributed by atoms with Crippen molar-refractivity contribution in [3.8, 4) is 17.4 Å². The average Bonchev–Trinajstić information content (AvgIpc) is 3.40. The number of hydrogen-bond acceptors (Lipinski definition) is 4. The molecule has 0 saturated carbocycles. The van der Waals surface area contributed by atoms with Crippen molar-refractivity contribution >= 4 is 44.8 Å². The fraction of sp³-hybridized carbons (Fsp3) is 0.128. The fourth-order valence-corrected chi connectivity index (χ4v) is 9.18. The van der Waals surface area contributed by atoms with E-state index in [0.29, 0.717) is 17.4 Å². The smallest absolute Gasteiger partial charge is 0.509 e. The van der Waals surface area contributed by atoms with Gasteiger partial charge in [0.2, 0.25) is 5.95 Å². The molecule has 7 heteroatoms. The van der Waals surface area contributed by atoms with Gasteiger partial charge in [-0.2, -0.15) is 18.2 Å². The van der Waals surface area contributed by atoms with Crippen molar-refractivity contribution in [1.82, 2.24) is 14.5 Å². The van der Waals surface area contributed by atoms with Gasteiger partial charge in [0.1, 0.15) is 0 Å². The minimum atomic E-state index is -2.33. The summed E-state index contributed by atoms with van der Waals surface area (Å²) in [6, 6.07) is 48.6. The first-order chi connectivity index (χ1) is 21.9. The number of hydrogen-bond donors (Lipinski definition) is 0. The van der Waals surface area contributed by atoms with Crippen LogP contribution in [0.3, 0.4) is 0 Å². The predicted octanol–water partition coefficient (Wildman–Crippen LogP) is 8.37. The summed E-state index contributed by atoms with van der Waals surface area (Å²) in [6.45, 7) is 6.48. The molecule has 0 bridgehead atoms. The predicted molar refractivity (Wildman–Crippen MR) is 186 cm³/mol. The minimum Gasteiger partial charge on any atom is -0.509 e. The van der Waals surface area contributed by atoms with Crippen LogP contribution in [0.4, 0.5) is 0 Å². The van der Waals surface area contributed by atoms with Gasteiger partial charge in [-0.15, -0.1) is 35.0 Å². The van der Waals surface area contributed by atoms with Crippen LogP contribution in [0, 0.1) is 12.1 Å². The van der Waals surface area contributed by atoms with E-state index in [4.69, 9.17) is 19.4 Å². The van der Waals surface area contributed by atoms with E-state index in [1.165, 1.54) is 10.6 Å². The number of aromatic nitrogens is 3. The number of nitrogens with zero attached hydrogens (tertiary/aromatic N) is 4. The maximum Gasteiger partial charge on any atom is 2.00 e. The van der Waals surface area contributed by atoms with Gasteiger partial charge in [0.15, 0.2) is 0 Å². The summed E-state index contributed by atoms with van der Waals surface area (Å²) in [6.07, 6.45) is 1.83. The molecule has 7 aromatic rings. The SMILES string of the molecule is CN=P(c1[c-]c(Oc2[c-]c3c(cc2)c2ccccc2n3-c2nccc(C(C)(C)C)n2)ccc1)(c1ccccc1)c1ccccc1.[Pd+2]. The normalized spacial score (nSPS) is 11.7. The van der Waals surface area contributed by atoms with Gasteiger partial charge in [0, 0.05) is 42.7 Å². The van der Waals surface area contributed by atoms with Crippen LogP contribution in [-0.4, -0.2) is 21.6 Å². The first-order valence-electron chi connectivity index (χ1n) is 15.0. The largest absolute Gasteiger partial charge is 2.00 e. The van der Waals surface area contributed by atoms with Gasteiger partial charge in [-0.25, -0.2) is 9.97 Å². The topological polar surface area (TPSA) is 52.3 Å². The van der Waals surface area contributed by atoms with Crippen molar-refractivity contribution in [3.63, 3.8) is 0 Å². The molecular formula is C39H33N4OPPd. The number of para-hydroxylation sites is 1. The van der Waals surface area contributed by atoms with E-state index in [-0.39, 0.29) is 25.8 Å². The molecule has 2 aromatic heterocycles. The summed E-state index contributed by atoms with van der Waals surface area (Å²) >= 11 is 0. The van der Waals surface area contributed by atoms with Crippen molar-refractivity contribution in [1.29, 1.82) is 0 Å². The van der Waals surface area contributed by atoms with E-state index in [1.54, 1.807) is 0 Å². The maximum atomic E-state index is 6.51. The quantitative estimate of drug-likeness (QED) is 0.0991. The van der Waals surface area contributed by atoms with Gasteiger partial charge in [0.25, 0.3) is 0 Å². The Labute approximate surface area is 284 Å². The van der Waals surface area contributed by atoms with Crippen molar-refractivity contribution in [2.75, 3.05) is 7.05 Å². The van der Waals surface area contributed by atoms with Crippen LogP contribution in [0.2, 0.25) is 0 Å². The van der Waals surface area contributed by atoms with Crippen molar-refractivity contribution in [3.05, 3.63) is 145 Å². The Kier molecular flexibility index (Phi) is 8.82. The van der Waals surface area contributed by atoms with Gasteiger partial charge >= 0.3 is 20.4 Å². The molecule has 0 atom stereocenters. The molecule has 46 heavy (non-hydrogen) atoms. The van der Waals surface area contributed by atoms with Crippen molar-refractivity contribution in [2.24, 2.45) is 4.74 Å². The van der Waals surface area contributed by atoms with Crippen molar-refractivity contribution in [2.45, 2.75) is 26.2 Å². The molecule has 0 N–H and O–H groups in total. The average molecular weight is 711 g/mol. The third-order valence-corrected chi connectivity index (χ3v) is 11.7. The van der Waals surface area contributed by atoms with Crippen LogP contribution in [0.15, 0.2) is 132 Å². The zero-order valence-corrected chi connectivity index (χ0v) is 28.5. The molecule has 0 aliphatic heterocycles. The summed E-state index contributed by atoms with van der Waals surface area (Å²) in [5.74, 6) is 1.81. The molecule has 0 unspecified atom stereocenters. The monoisotopic (exact) mass is 710 g/mol. The third kappa shape index (κ3) is 5.63. The second-order valence-electron chi connectivity index (χ2n) is 11.9. The summed E-state index contributed by atoms with van der Waals surface area (Å²) in [4.78, 5) is 9.68. The molecule has 0 aliphatic carbocycles. The Morgan fingerprint density at radius 3 is 2.02 bits per heavy atom. The second kappa shape index (κ2) is 12.8. The van der Waals surface area contributed by atoms with Crippen LogP contribution in [0.1, 0.15) is 26.5 Å². The summed E-state index contributed by atoms with van der Waals surface area (Å²) in [5.41, 5.74) is 2.74. The molecule has 2 heterocycles. The Balaban J connectivity index is 0.00000372. The number of benzene rings is 5. The molecule has 5 aromatic carbocycles. The van der Waals surface area contributed by atoms with E-state index >= 15 is 0 Å². The number of fused-ring (bicyclic) bond motifs is 3. The fourth-order valence-electron chi connectivity index (χ4n) is 5.87. The molecule has 0 amide bonds. The Morgan fingerprint density at radius 2 is 1.35 bits per heavy atom. The molecule has 7 rings (SSSR count). The molecule has 230 valence electrons. The zero-order valence-electron chi connectivity index (χ0n) is 26.1. The first kappa shape index (κ1) is 31.6. The van der Waals surface area contributed by atoms with Crippen LogP contribution >= 0.6 is 7.05 Å². The molecule has 0 fully saturated rings. The van der Waals surface area contributed by atoms with E-state index in [0.717, 1.165) is 32.8 Å². The molecule has 0 radical (unpaired) electrons. The van der Waals surface area contributed by atoms with Crippen LogP contribution in [-0.2, 0) is 25.8 Å². The van der Waals surface area contributed by atoms with E-state index in [9.17, 15) is 0 Å². The zero-order chi connectivity index (χ0) is 31.0. The molecule has 0 spiro atoms. The van der Waals surface area contributed by atoms with Crippen LogP contribution in [0.25, 0.3) is 27.8 Å². The molecule has 5 nitrogen and oxygen atoms in total. The minimum absolute atomic E-state index is 0. The summed E-state index contributed by atoms with van der Waals surface area (Å²) < 4.78 is 13.7. The Hall–Kier alpha value is -4.33. The van der Waals surface area contributed by atoms with E-state index < -0.39 is 7.05 Å². The van der Waals surface area contributed by atoms with Crippen molar-refractivity contribution < 1.29 is 25.2 Å². The summed E-state index contributed by atoms with van der Waals surface area (Å²) in [5, 5.41) is 5.51. The maximum absolute atomic E-state index is 6.51. The van der Waals surface area contributed by atoms with Gasteiger partial charge in [-0.05, 0) is 28.1 Å². The van der Waals surface area contributed by atoms with Crippen LogP contribution in [0.5, 0.6) is 11.5 Å². The number of ether oxygens (including phenoxy) is 1. The van der Waals surface area contributed by atoms with Gasteiger partial charge < -0.3 is 9.30 Å². The van der Waals surface area contributed by atoms with E-state index in [1.807, 2.05) is 55.7 Å². The van der Waals surface area contributed by atoms with E-state index in [2.05, 4.69) is 116 Å². The first-order valence-corrected chi connectivity index (χ1v) is 16.7. The molecular weight excluding hydrogens is 678 g/mol. The Bertz CT molecular complexity index is 2160. The Morgan fingerprint density at radius 1 is 0.696 bits per heavy atom. The van der Waals surface area contributed by atoms with Crippen LogP contribution < -0.4 is 20.7 Å². The van der Waals surface area contributed by atoms with Gasteiger partial charge in [-0.1, -0.05) is 105 Å². The standard InChI is InChI=1S/C39H33N4OP.Pd/c1-39(2,3)37-24-25-41-38(42-37)43-35-21-12-11-20-33(35)34-23-22-29(27-36(34)43)44-28-14-13-19-32(26-28)45(40-4,30-15-7-5-8-16-30)31-17-9-6-10-18-31;/h5-25H,1-4H3;/q-2;+2. The second-order valence-corrected chi connectivity index (χ2v) is 15.1. The molecule has 0 saturated heterocycles. The summed E-state index contributed by atoms with van der Waals surface area (Å²) in [7, 11) is -0.424.